The molecule has 0 spiro atoms. The number of amides is 1. The van der Waals surface area contributed by atoms with Crippen LogP contribution in [0.1, 0.15) is 16.4 Å². The Bertz CT molecular complexity index is 1040. The fourth-order valence-corrected chi connectivity index (χ4v) is 4.61. The Balaban J connectivity index is 1.76. The average Bonchev–Trinajstić information content (AvgIpc) is 2.75. The van der Waals surface area contributed by atoms with Gasteiger partial charge in [-0.3, -0.25) is 9.78 Å². The van der Waals surface area contributed by atoms with Gasteiger partial charge in [0.25, 0.3) is 0 Å². The summed E-state index contributed by atoms with van der Waals surface area (Å²) in [5, 5.41) is 1.83. The molecule has 7 heteroatoms. The van der Waals surface area contributed by atoms with Crippen molar-refractivity contribution in [2.75, 3.05) is 13.7 Å². The largest absolute Gasteiger partial charge is 0.497 e. The maximum absolute atomic E-state index is 13.2. The molecule has 1 atom stereocenters. The van der Waals surface area contributed by atoms with Gasteiger partial charge in [-0.15, -0.1) is 0 Å². The van der Waals surface area contributed by atoms with Gasteiger partial charge in [0.1, 0.15) is 11.0 Å². The standard InChI is InChI=1S/C22H22N2O4S/c1-28-19-11-9-17(10-12-19)14-22(25)24-16-21(18-6-5-13-23-15-18)29(26,27)20-7-3-2-4-8-20/h2-13,15,21H,14,16H2,1H3,(H,24,25)/t21-/m0/s1. The van der Waals surface area contributed by atoms with E-state index in [1.807, 2.05) is 0 Å². The molecule has 0 aliphatic rings. The normalized spacial score (nSPS) is 12.2. The highest BCUT2D eigenvalue weighted by Gasteiger charge is 2.29. The molecule has 0 bridgehead atoms. The number of sulfone groups is 1. The minimum Gasteiger partial charge on any atom is -0.497 e. The van der Waals surface area contributed by atoms with E-state index >= 15 is 0 Å². The summed E-state index contributed by atoms with van der Waals surface area (Å²) in [6.07, 6.45) is 3.24. The highest BCUT2D eigenvalue weighted by molar-refractivity contribution is 7.91. The third kappa shape index (κ3) is 5.20. The lowest BCUT2D eigenvalue weighted by Crippen LogP contribution is -2.33. The number of benzene rings is 2. The number of hydrogen-bond acceptors (Lipinski definition) is 5. The highest BCUT2D eigenvalue weighted by Crippen LogP contribution is 2.28. The second-order valence-corrected chi connectivity index (χ2v) is 8.59. The molecule has 0 radical (unpaired) electrons. The Morgan fingerprint density at radius 2 is 1.76 bits per heavy atom. The van der Waals surface area contributed by atoms with Crippen LogP contribution < -0.4 is 10.1 Å². The quantitative estimate of drug-likeness (QED) is 0.617. The van der Waals surface area contributed by atoms with Gasteiger partial charge >= 0.3 is 0 Å². The monoisotopic (exact) mass is 410 g/mol. The van der Waals surface area contributed by atoms with E-state index in [1.54, 1.807) is 80.0 Å². The molecule has 6 nitrogen and oxygen atoms in total. The van der Waals surface area contributed by atoms with E-state index in [0.29, 0.717) is 11.3 Å². The van der Waals surface area contributed by atoms with Crippen LogP contribution in [0.15, 0.2) is 84.0 Å². The van der Waals surface area contributed by atoms with E-state index in [2.05, 4.69) is 10.3 Å². The Morgan fingerprint density at radius 1 is 1.03 bits per heavy atom. The van der Waals surface area contributed by atoms with Gasteiger partial charge in [-0.25, -0.2) is 8.42 Å². The summed E-state index contributed by atoms with van der Waals surface area (Å²) in [6.45, 7) is -0.0437. The summed E-state index contributed by atoms with van der Waals surface area (Å²) in [7, 11) is -2.13. The van der Waals surface area contributed by atoms with Crippen molar-refractivity contribution in [1.82, 2.24) is 10.3 Å². The van der Waals surface area contributed by atoms with Gasteiger partial charge < -0.3 is 10.1 Å². The summed E-state index contributed by atoms with van der Waals surface area (Å²) in [4.78, 5) is 16.7. The molecule has 1 aromatic heterocycles. The van der Waals surface area contributed by atoms with Crippen molar-refractivity contribution in [2.45, 2.75) is 16.6 Å². The molecular weight excluding hydrogens is 388 g/mol. The van der Waals surface area contributed by atoms with Crippen LogP contribution in [0, 0.1) is 0 Å². The van der Waals surface area contributed by atoms with Gasteiger partial charge in [-0.2, -0.15) is 0 Å². The lowest BCUT2D eigenvalue weighted by Gasteiger charge is -2.19. The third-order valence-electron chi connectivity index (χ3n) is 4.51. The summed E-state index contributed by atoms with van der Waals surface area (Å²) < 4.78 is 31.5. The number of nitrogens with zero attached hydrogens (tertiary/aromatic N) is 1. The minimum absolute atomic E-state index is 0.0437. The molecule has 1 N–H and O–H groups in total. The van der Waals surface area contributed by atoms with Crippen molar-refractivity contribution in [3.63, 3.8) is 0 Å². The van der Waals surface area contributed by atoms with Crippen molar-refractivity contribution in [1.29, 1.82) is 0 Å². The molecule has 1 amide bonds. The summed E-state index contributed by atoms with van der Waals surface area (Å²) in [5.41, 5.74) is 1.34. The first-order valence-corrected chi connectivity index (χ1v) is 10.6. The van der Waals surface area contributed by atoms with Crippen LogP contribution in [-0.4, -0.2) is 33.0 Å². The molecule has 1 heterocycles. The number of ether oxygens (including phenoxy) is 1. The van der Waals surface area contributed by atoms with Gasteiger partial charge in [0, 0.05) is 18.9 Å². The van der Waals surface area contributed by atoms with Crippen LogP contribution in [0.25, 0.3) is 0 Å². The molecule has 29 heavy (non-hydrogen) atoms. The summed E-state index contributed by atoms with van der Waals surface area (Å²) in [5.74, 6) is 0.451. The van der Waals surface area contributed by atoms with Gasteiger partial charge in [-0.05, 0) is 41.5 Å². The first kappa shape index (κ1) is 20.5. The first-order chi connectivity index (χ1) is 14.0. The predicted molar refractivity (Wildman–Crippen MR) is 110 cm³/mol. The smallest absolute Gasteiger partial charge is 0.224 e. The number of aromatic nitrogens is 1. The number of carbonyl (C=O) groups is 1. The van der Waals surface area contributed by atoms with Crippen LogP contribution in [-0.2, 0) is 21.1 Å². The van der Waals surface area contributed by atoms with Gasteiger partial charge in [0.05, 0.1) is 18.4 Å². The molecule has 0 unspecified atom stereocenters. The molecular formula is C22H22N2O4S. The van der Waals surface area contributed by atoms with Gasteiger partial charge in [0.15, 0.2) is 9.84 Å². The topological polar surface area (TPSA) is 85.4 Å². The second kappa shape index (κ2) is 9.34. The predicted octanol–water partition coefficient (Wildman–Crippen LogP) is 2.96. The molecule has 150 valence electrons. The Labute approximate surface area is 170 Å². The first-order valence-electron chi connectivity index (χ1n) is 9.09. The lowest BCUT2D eigenvalue weighted by molar-refractivity contribution is -0.120. The van der Waals surface area contributed by atoms with E-state index in [9.17, 15) is 13.2 Å². The van der Waals surface area contributed by atoms with Crippen LogP contribution in [0.2, 0.25) is 0 Å². The van der Waals surface area contributed by atoms with Crippen molar-refractivity contribution in [3.8, 4) is 5.75 Å². The highest BCUT2D eigenvalue weighted by atomic mass is 32.2. The summed E-state index contributed by atoms with van der Waals surface area (Å²) in [6, 6.07) is 18.8. The van der Waals surface area contributed by atoms with Crippen molar-refractivity contribution in [2.24, 2.45) is 0 Å². The maximum Gasteiger partial charge on any atom is 0.224 e. The van der Waals surface area contributed by atoms with Gasteiger partial charge in [-0.1, -0.05) is 36.4 Å². The van der Waals surface area contributed by atoms with E-state index in [0.717, 1.165) is 5.56 Å². The van der Waals surface area contributed by atoms with Crippen LogP contribution in [0.3, 0.4) is 0 Å². The van der Waals surface area contributed by atoms with E-state index in [1.165, 1.54) is 6.20 Å². The van der Waals surface area contributed by atoms with Crippen LogP contribution in [0.4, 0.5) is 0 Å². The molecule has 0 saturated carbocycles. The Kier molecular flexibility index (Phi) is 6.61. The summed E-state index contributed by atoms with van der Waals surface area (Å²) >= 11 is 0. The van der Waals surface area contributed by atoms with Crippen LogP contribution in [0.5, 0.6) is 5.75 Å². The van der Waals surface area contributed by atoms with E-state index < -0.39 is 15.1 Å². The average molecular weight is 410 g/mol. The van der Waals surface area contributed by atoms with Crippen molar-refractivity contribution in [3.05, 3.63) is 90.3 Å². The molecule has 3 rings (SSSR count). The Morgan fingerprint density at radius 3 is 2.38 bits per heavy atom. The van der Waals surface area contributed by atoms with E-state index in [-0.39, 0.29) is 23.8 Å². The molecule has 2 aromatic carbocycles. The molecule has 0 aliphatic heterocycles. The minimum atomic E-state index is -3.70. The fraction of sp³-hybridized carbons (Fsp3) is 0.182. The zero-order valence-electron chi connectivity index (χ0n) is 16.0. The van der Waals surface area contributed by atoms with Gasteiger partial charge in [0.2, 0.25) is 5.91 Å². The zero-order valence-corrected chi connectivity index (χ0v) is 16.8. The lowest BCUT2D eigenvalue weighted by atomic mass is 10.1. The molecule has 0 fully saturated rings. The van der Waals surface area contributed by atoms with Crippen molar-refractivity contribution >= 4 is 15.7 Å². The number of nitrogens with one attached hydrogen (secondary N) is 1. The third-order valence-corrected chi connectivity index (χ3v) is 6.63. The van der Waals surface area contributed by atoms with E-state index in [4.69, 9.17) is 4.74 Å². The number of carbonyl (C=O) groups excluding carboxylic acids is 1. The second-order valence-electron chi connectivity index (χ2n) is 6.46. The SMILES string of the molecule is COc1ccc(CC(=O)NC[C@@H](c2cccnc2)S(=O)(=O)c2ccccc2)cc1. The number of hydrogen-bond donors (Lipinski definition) is 1. The number of rotatable bonds is 8. The fourth-order valence-electron chi connectivity index (χ4n) is 2.95. The Hall–Kier alpha value is -3.19. The number of pyridine rings is 1. The molecule has 0 aliphatic carbocycles. The number of methoxy groups -OCH3 is 1. The molecule has 0 saturated heterocycles. The molecule has 3 aromatic rings. The maximum atomic E-state index is 13.2. The van der Waals surface area contributed by atoms with Crippen LogP contribution >= 0.6 is 0 Å². The van der Waals surface area contributed by atoms with Crippen molar-refractivity contribution < 1.29 is 17.9 Å². The zero-order chi connectivity index (χ0) is 20.7.